The molecule has 0 aliphatic carbocycles. The van der Waals surface area contributed by atoms with Crippen molar-refractivity contribution in [1.29, 1.82) is 0 Å². The van der Waals surface area contributed by atoms with Gasteiger partial charge in [0.05, 0.1) is 27.2 Å². The van der Waals surface area contributed by atoms with E-state index < -0.39 is 22.7 Å². The van der Waals surface area contributed by atoms with Gasteiger partial charge in [0.1, 0.15) is 0 Å². The number of benzene rings is 3. The highest BCUT2D eigenvalue weighted by Crippen LogP contribution is 2.32. The number of pyridine rings is 1. The predicted molar refractivity (Wildman–Crippen MR) is 173 cm³/mol. The van der Waals surface area contributed by atoms with E-state index in [-0.39, 0.29) is 30.0 Å². The number of hydrogen-bond donors (Lipinski definition) is 5. The van der Waals surface area contributed by atoms with Crippen LogP contribution in [0.25, 0.3) is 21.8 Å². The lowest BCUT2D eigenvalue weighted by Gasteiger charge is -2.15. The van der Waals surface area contributed by atoms with Gasteiger partial charge in [0.2, 0.25) is 5.91 Å². The molecule has 3 aromatic carbocycles. The summed E-state index contributed by atoms with van der Waals surface area (Å²) in [5, 5.41) is 26.3. The number of aromatic nitrogens is 1. The molecule has 0 aliphatic heterocycles. The largest absolute Gasteiger partial charge is 0.481 e. The second kappa shape index (κ2) is 16.6. The number of imide groups is 1. The van der Waals surface area contributed by atoms with Gasteiger partial charge in [-0.05, 0) is 49.9 Å². The van der Waals surface area contributed by atoms with Crippen molar-refractivity contribution >= 4 is 56.9 Å². The topological polar surface area (TPSA) is 193 Å². The SMILES string of the molecule is O=C(O)CCCCC(=O)NC(=O)c1cccc2c(NNCCCCCCNC(=O)c3ccc([N+](=O)[O-])cc3)c3ccccc3nc12. The fraction of sp³-hybridized carbons (Fsp3) is 0.303. The molecule has 1 heterocycles. The molecule has 0 bridgehead atoms. The van der Waals surface area contributed by atoms with Gasteiger partial charge in [-0.3, -0.25) is 34.6 Å². The number of hydrazine groups is 1. The van der Waals surface area contributed by atoms with Gasteiger partial charge in [-0.15, -0.1) is 0 Å². The second-order valence-corrected chi connectivity index (χ2v) is 10.7. The Hall–Kier alpha value is -5.43. The molecule has 0 atom stereocenters. The molecule has 13 nitrogen and oxygen atoms in total. The number of nitro benzene ring substituents is 1. The van der Waals surface area contributed by atoms with Crippen LogP contribution in [0.4, 0.5) is 11.4 Å². The molecule has 4 aromatic rings. The molecule has 240 valence electrons. The monoisotopic (exact) mass is 628 g/mol. The van der Waals surface area contributed by atoms with Crippen molar-refractivity contribution in [3.8, 4) is 0 Å². The molecule has 0 unspecified atom stereocenters. The lowest BCUT2D eigenvalue weighted by Crippen LogP contribution is -2.30. The Bertz CT molecular complexity index is 1730. The number of fused-ring (bicyclic) bond motifs is 2. The third-order valence-corrected chi connectivity index (χ3v) is 7.32. The van der Waals surface area contributed by atoms with Gasteiger partial charge in [0.15, 0.2) is 0 Å². The zero-order chi connectivity index (χ0) is 32.9. The number of carbonyl (C=O) groups is 4. The van der Waals surface area contributed by atoms with Crippen LogP contribution >= 0.6 is 0 Å². The highest BCUT2D eigenvalue weighted by atomic mass is 16.6. The van der Waals surface area contributed by atoms with E-state index in [1.54, 1.807) is 12.1 Å². The van der Waals surface area contributed by atoms with Crippen LogP contribution in [0.15, 0.2) is 66.7 Å². The zero-order valence-electron chi connectivity index (χ0n) is 25.2. The van der Waals surface area contributed by atoms with E-state index in [0.717, 1.165) is 36.8 Å². The van der Waals surface area contributed by atoms with E-state index in [2.05, 4.69) is 21.5 Å². The Morgan fingerprint density at radius 3 is 2.20 bits per heavy atom. The van der Waals surface area contributed by atoms with Crippen molar-refractivity contribution < 1.29 is 29.2 Å². The maximum absolute atomic E-state index is 13.1. The van der Waals surface area contributed by atoms with E-state index in [1.165, 1.54) is 24.3 Å². The molecule has 0 fully saturated rings. The minimum Gasteiger partial charge on any atom is -0.481 e. The third-order valence-electron chi connectivity index (χ3n) is 7.32. The number of nitro groups is 1. The minimum atomic E-state index is -0.925. The number of carbonyl (C=O) groups excluding carboxylic acids is 3. The Kier molecular flexibility index (Phi) is 12.1. The number of unbranched alkanes of at least 4 members (excludes halogenated alkanes) is 4. The first-order valence-electron chi connectivity index (χ1n) is 15.1. The maximum atomic E-state index is 13.1. The lowest BCUT2D eigenvalue weighted by atomic mass is 10.0. The Balaban J connectivity index is 1.28. The summed E-state index contributed by atoms with van der Waals surface area (Å²) in [7, 11) is 0. The van der Waals surface area contributed by atoms with Gasteiger partial charge in [0.25, 0.3) is 17.5 Å². The highest BCUT2D eigenvalue weighted by molar-refractivity contribution is 6.16. The van der Waals surface area contributed by atoms with E-state index in [9.17, 15) is 29.3 Å². The number of aliphatic carboxylic acids is 1. The number of carboxylic acids is 1. The molecule has 0 saturated heterocycles. The lowest BCUT2D eigenvalue weighted by molar-refractivity contribution is -0.384. The Morgan fingerprint density at radius 1 is 0.761 bits per heavy atom. The summed E-state index contributed by atoms with van der Waals surface area (Å²) in [6.45, 7) is 1.16. The van der Waals surface area contributed by atoms with Crippen LogP contribution in [0.1, 0.15) is 72.1 Å². The molecule has 13 heteroatoms. The zero-order valence-corrected chi connectivity index (χ0v) is 25.2. The number of anilines is 1. The summed E-state index contributed by atoms with van der Waals surface area (Å²) < 4.78 is 0. The number of carboxylic acid groups (broad SMARTS) is 1. The molecule has 3 amide bonds. The summed E-state index contributed by atoms with van der Waals surface area (Å²) >= 11 is 0. The van der Waals surface area contributed by atoms with Crippen molar-refractivity contribution in [2.24, 2.45) is 0 Å². The van der Waals surface area contributed by atoms with Gasteiger partial charge >= 0.3 is 5.97 Å². The molecular weight excluding hydrogens is 592 g/mol. The number of non-ortho nitro benzene ring substituents is 1. The maximum Gasteiger partial charge on any atom is 0.303 e. The van der Waals surface area contributed by atoms with Crippen LogP contribution in [-0.2, 0) is 9.59 Å². The standard InChI is InChI=1S/C33H36N6O7/c40-28(14-5-6-15-29(41)42)37-33(44)26-12-9-11-25-30(26)36-27-13-4-3-10-24(27)31(25)38-35-21-8-2-1-7-20-34-32(43)22-16-18-23(19-17-22)39(45)46/h3-4,9-13,16-19,35H,1-2,5-8,14-15,20-21H2,(H,34,43)(H,36,38)(H,41,42)(H,37,40,44). The molecule has 1 aromatic heterocycles. The molecule has 0 aliphatic rings. The van der Waals surface area contributed by atoms with Gasteiger partial charge in [-0.2, -0.15) is 0 Å². The number of nitrogens with zero attached hydrogens (tertiary/aromatic N) is 2. The summed E-state index contributed by atoms with van der Waals surface area (Å²) in [6.07, 6.45) is 4.23. The van der Waals surface area contributed by atoms with E-state index >= 15 is 0 Å². The van der Waals surface area contributed by atoms with Crippen molar-refractivity contribution in [2.75, 3.05) is 18.5 Å². The Morgan fingerprint density at radius 2 is 1.46 bits per heavy atom. The van der Waals surface area contributed by atoms with E-state index in [0.29, 0.717) is 47.9 Å². The first kappa shape index (κ1) is 33.5. The van der Waals surface area contributed by atoms with Gasteiger partial charge < -0.3 is 15.8 Å². The van der Waals surface area contributed by atoms with E-state index in [1.807, 2.05) is 30.3 Å². The number of hydrogen-bond acceptors (Lipinski definition) is 9. The quantitative estimate of drug-likeness (QED) is 0.0454. The number of amides is 3. The average molecular weight is 629 g/mol. The predicted octanol–water partition coefficient (Wildman–Crippen LogP) is 5.10. The summed E-state index contributed by atoms with van der Waals surface area (Å²) in [6, 6.07) is 18.2. The average Bonchev–Trinajstić information content (AvgIpc) is 3.05. The minimum absolute atomic E-state index is 0.0290. The number of para-hydroxylation sites is 2. The number of nitrogens with one attached hydrogen (secondary N) is 4. The second-order valence-electron chi connectivity index (χ2n) is 10.7. The van der Waals surface area contributed by atoms with Crippen molar-refractivity contribution in [2.45, 2.75) is 51.4 Å². The number of rotatable bonds is 17. The normalized spacial score (nSPS) is 10.9. The van der Waals surface area contributed by atoms with Crippen LogP contribution < -0.4 is 21.5 Å². The van der Waals surface area contributed by atoms with Crippen molar-refractivity contribution in [3.05, 3.63) is 88.0 Å². The molecule has 46 heavy (non-hydrogen) atoms. The molecule has 0 radical (unpaired) electrons. The smallest absolute Gasteiger partial charge is 0.303 e. The fourth-order valence-corrected chi connectivity index (χ4v) is 4.93. The van der Waals surface area contributed by atoms with Gasteiger partial charge in [0, 0.05) is 54.4 Å². The van der Waals surface area contributed by atoms with Crippen LogP contribution in [0, 0.1) is 10.1 Å². The highest BCUT2D eigenvalue weighted by Gasteiger charge is 2.18. The van der Waals surface area contributed by atoms with Gasteiger partial charge in [-0.1, -0.05) is 43.2 Å². The molecule has 4 rings (SSSR count). The molecular formula is C33H36N6O7. The molecule has 5 N–H and O–H groups in total. The third kappa shape index (κ3) is 9.29. The van der Waals surface area contributed by atoms with Crippen LogP contribution in [0.3, 0.4) is 0 Å². The van der Waals surface area contributed by atoms with Crippen LogP contribution in [0.5, 0.6) is 0 Å². The summed E-state index contributed by atoms with van der Waals surface area (Å²) in [5.41, 5.74) is 8.99. The van der Waals surface area contributed by atoms with Crippen LogP contribution in [-0.4, -0.2) is 51.8 Å². The fourth-order valence-electron chi connectivity index (χ4n) is 4.93. The van der Waals surface area contributed by atoms with Crippen LogP contribution in [0.2, 0.25) is 0 Å². The van der Waals surface area contributed by atoms with Gasteiger partial charge in [-0.25, -0.2) is 10.4 Å². The van der Waals surface area contributed by atoms with Crippen molar-refractivity contribution in [3.63, 3.8) is 0 Å². The first-order chi connectivity index (χ1) is 22.2. The first-order valence-corrected chi connectivity index (χ1v) is 15.1. The van der Waals surface area contributed by atoms with Crippen molar-refractivity contribution in [1.82, 2.24) is 21.0 Å². The molecule has 0 spiro atoms. The van der Waals surface area contributed by atoms with E-state index in [4.69, 9.17) is 10.1 Å². The Labute approximate surface area is 264 Å². The summed E-state index contributed by atoms with van der Waals surface area (Å²) in [4.78, 5) is 63.3. The molecule has 0 saturated carbocycles. The summed E-state index contributed by atoms with van der Waals surface area (Å²) in [5.74, 6) is -2.23.